The maximum Gasteiger partial charge on any atom is 0.0588 e. The minimum Gasteiger partial charge on any atom is -0.322 e. The normalized spacial score (nSPS) is 21.8. The highest BCUT2D eigenvalue weighted by atomic mass is 79.9. The van der Waals surface area contributed by atoms with Crippen LogP contribution in [-0.4, -0.2) is 24.5 Å². The quantitative estimate of drug-likeness (QED) is 0.843. The van der Waals surface area contributed by atoms with Crippen molar-refractivity contribution in [3.8, 4) is 0 Å². The third kappa shape index (κ3) is 2.67. The third-order valence-corrected chi connectivity index (χ3v) is 6.32. The second-order valence-corrected chi connectivity index (χ2v) is 7.32. The molecule has 0 spiro atoms. The average Bonchev–Trinajstić information content (AvgIpc) is 2.63. The van der Waals surface area contributed by atoms with Gasteiger partial charge < -0.3 is 10.6 Å². The van der Waals surface area contributed by atoms with Crippen LogP contribution in [-0.2, 0) is 0 Å². The number of hydrogen-bond acceptors (Lipinski definition) is 3. The van der Waals surface area contributed by atoms with Crippen LogP contribution in [0.2, 0.25) is 0 Å². The molecule has 1 aliphatic rings. The molecule has 2 rings (SSSR count). The lowest BCUT2D eigenvalue weighted by Gasteiger charge is -2.44. The van der Waals surface area contributed by atoms with Crippen molar-refractivity contribution in [1.82, 2.24) is 4.90 Å². The first-order chi connectivity index (χ1) is 8.58. The van der Waals surface area contributed by atoms with Gasteiger partial charge in [0.25, 0.3) is 0 Å². The molecule has 1 heterocycles. The maximum atomic E-state index is 6.66. The van der Waals surface area contributed by atoms with Gasteiger partial charge in [0.05, 0.1) is 6.04 Å². The molecule has 1 aromatic heterocycles. The predicted molar refractivity (Wildman–Crippen MR) is 83.1 cm³/mol. The summed E-state index contributed by atoms with van der Waals surface area (Å²) in [5.41, 5.74) is 6.79. The molecule has 1 aromatic rings. The maximum absolute atomic E-state index is 6.66. The van der Waals surface area contributed by atoms with Gasteiger partial charge in [0.2, 0.25) is 0 Å². The third-order valence-electron chi connectivity index (χ3n) is 4.37. The van der Waals surface area contributed by atoms with Gasteiger partial charge in [0.15, 0.2) is 0 Å². The standard InChI is InChI=1S/C14H23BrN2S/c1-17(2)14(8-5-3-4-6-9-14)13(16)12-11(15)7-10-18-12/h7,10,13H,3-6,8-9,16H2,1-2H3. The molecular weight excluding hydrogens is 308 g/mol. The van der Waals surface area contributed by atoms with Gasteiger partial charge in [-0.3, -0.25) is 0 Å². The number of halogens is 1. The topological polar surface area (TPSA) is 29.3 Å². The van der Waals surface area contributed by atoms with Gasteiger partial charge in [0.1, 0.15) is 0 Å². The first-order valence-electron chi connectivity index (χ1n) is 6.74. The molecule has 0 aromatic carbocycles. The lowest BCUT2D eigenvalue weighted by Crippen LogP contribution is -2.51. The fourth-order valence-electron chi connectivity index (χ4n) is 3.15. The molecular formula is C14H23BrN2S. The summed E-state index contributed by atoms with van der Waals surface area (Å²) in [6, 6.07) is 2.22. The Morgan fingerprint density at radius 1 is 1.28 bits per heavy atom. The van der Waals surface area contributed by atoms with Crippen molar-refractivity contribution >= 4 is 27.3 Å². The summed E-state index contributed by atoms with van der Waals surface area (Å²) in [6.45, 7) is 0. The lowest BCUT2D eigenvalue weighted by molar-refractivity contribution is 0.0980. The fourth-order valence-corrected chi connectivity index (χ4v) is 4.88. The van der Waals surface area contributed by atoms with Crippen molar-refractivity contribution in [3.05, 3.63) is 20.8 Å². The summed E-state index contributed by atoms with van der Waals surface area (Å²) in [6.07, 6.45) is 7.74. The largest absolute Gasteiger partial charge is 0.322 e. The van der Waals surface area contributed by atoms with E-state index in [1.54, 1.807) is 11.3 Å². The molecule has 1 saturated carbocycles. The molecule has 0 aliphatic heterocycles. The molecule has 2 N–H and O–H groups in total. The Bertz CT molecular complexity index is 381. The van der Waals surface area contributed by atoms with E-state index in [-0.39, 0.29) is 11.6 Å². The van der Waals surface area contributed by atoms with Crippen molar-refractivity contribution in [2.75, 3.05) is 14.1 Å². The van der Waals surface area contributed by atoms with Gasteiger partial charge in [-0.2, -0.15) is 0 Å². The van der Waals surface area contributed by atoms with E-state index < -0.39 is 0 Å². The molecule has 1 unspecified atom stereocenters. The smallest absolute Gasteiger partial charge is 0.0588 e. The molecule has 1 atom stereocenters. The summed E-state index contributed by atoms with van der Waals surface area (Å²) in [4.78, 5) is 3.67. The number of likely N-dealkylation sites (N-methyl/N-ethyl adjacent to an activating group) is 1. The Morgan fingerprint density at radius 2 is 1.89 bits per heavy atom. The Morgan fingerprint density at radius 3 is 2.33 bits per heavy atom. The second kappa shape index (κ2) is 6.04. The van der Waals surface area contributed by atoms with E-state index in [0.717, 1.165) is 0 Å². The summed E-state index contributed by atoms with van der Waals surface area (Å²) in [5.74, 6) is 0. The summed E-state index contributed by atoms with van der Waals surface area (Å²) < 4.78 is 1.17. The lowest BCUT2D eigenvalue weighted by atomic mass is 9.81. The van der Waals surface area contributed by atoms with Crippen LogP contribution in [0.25, 0.3) is 0 Å². The average molecular weight is 331 g/mol. The highest BCUT2D eigenvalue weighted by Crippen LogP contribution is 2.43. The van der Waals surface area contributed by atoms with Gasteiger partial charge in [-0.25, -0.2) is 0 Å². The predicted octanol–water partition coefficient (Wildman–Crippen LogP) is 4.17. The number of hydrogen-bond donors (Lipinski definition) is 1. The number of thiophene rings is 1. The zero-order valence-electron chi connectivity index (χ0n) is 11.3. The molecule has 18 heavy (non-hydrogen) atoms. The monoisotopic (exact) mass is 330 g/mol. The molecule has 102 valence electrons. The van der Waals surface area contributed by atoms with Gasteiger partial charge in [-0.15, -0.1) is 11.3 Å². The van der Waals surface area contributed by atoms with Gasteiger partial charge in [-0.05, 0) is 54.3 Å². The minimum absolute atomic E-state index is 0.111. The van der Waals surface area contributed by atoms with E-state index in [0.29, 0.717) is 0 Å². The van der Waals surface area contributed by atoms with Gasteiger partial charge >= 0.3 is 0 Å². The van der Waals surface area contributed by atoms with Crippen molar-refractivity contribution in [2.24, 2.45) is 5.73 Å². The van der Waals surface area contributed by atoms with Crippen LogP contribution in [0.1, 0.15) is 49.4 Å². The zero-order valence-corrected chi connectivity index (χ0v) is 13.7. The van der Waals surface area contributed by atoms with Crippen LogP contribution in [0.4, 0.5) is 0 Å². The minimum atomic E-state index is 0.111. The number of rotatable bonds is 3. The SMILES string of the molecule is CN(C)C1(C(N)c2sccc2Br)CCCCCC1. The fraction of sp³-hybridized carbons (Fsp3) is 0.714. The zero-order chi connectivity index (χ0) is 13.2. The first-order valence-corrected chi connectivity index (χ1v) is 8.41. The van der Waals surface area contributed by atoms with Crippen LogP contribution in [0, 0.1) is 0 Å². The number of nitrogens with two attached hydrogens (primary N) is 1. The van der Waals surface area contributed by atoms with Crippen molar-refractivity contribution in [3.63, 3.8) is 0 Å². The van der Waals surface area contributed by atoms with Crippen LogP contribution >= 0.6 is 27.3 Å². The van der Waals surface area contributed by atoms with Crippen molar-refractivity contribution in [1.29, 1.82) is 0 Å². The Labute approximate surface area is 123 Å². The van der Waals surface area contributed by atoms with Gasteiger partial charge in [-0.1, -0.05) is 25.7 Å². The Kier molecular flexibility index (Phi) is 4.86. The first kappa shape index (κ1) is 14.5. The molecule has 0 radical (unpaired) electrons. The summed E-state index contributed by atoms with van der Waals surface area (Å²) >= 11 is 5.41. The van der Waals surface area contributed by atoms with E-state index in [1.165, 1.54) is 47.9 Å². The van der Waals surface area contributed by atoms with E-state index in [1.807, 2.05) is 0 Å². The number of nitrogens with zero attached hydrogens (tertiary/aromatic N) is 1. The molecule has 1 fully saturated rings. The van der Waals surface area contributed by atoms with Crippen LogP contribution in [0.3, 0.4) is 0 Å². The van der Waals surface area contributed by atoms with Crippen molar-refractivity contribution in [2.45, 2.75) is 50.1 Å². The van der Waals surface area contributed by atoms with E-state index in [9.17, 15) is 0 Å². The van der Waals surface area contributed by atoms with Crippen LogP contribution < -0.4 is 5.73 Å². The Balaban J connectivity index is 2.31. The summed E-state index contributed by atoms with van der Waals surface area (Å²) in [5, 5.41) is 2.12. The molecule has 0 saturated heterocycles. The molecule has 0 bridgehead atoms. The van der Waals surface area contributed by atoms with Gasteiger partial charge in [0, 0.05) is 14.9 Å². The molecule has 0 amide bonds. The Hall–Kier alpha value is 0.100. The van der Waals surface area contributed by atoms with Crippen LogP contribution in [0.5, 0.6) is 0 Å². The second-order valence-electron chi connectivity index (χ2n) is 5.52. The molecule has 4 heteroatoms. The molecule has 2 nitrogen and oxygen atoms in total. The van der Waals surface area contributed by atoms with E-state index >= 15 is 0 Å². The van der Waals surface area contributed by atoms with E-state index in [4.69, 9.17) is 5.73 Å². The van der Waals surface area contributed by atoms with E-state index in [2.05, 4.69) is 46.4 Å². The summed E-state index contributed by atoms with van der Waals surface area (Å²) in [7, 11) is 4.37. The van der Waals surface area contributed by atoms with Crippen LogP contribution in [0.15, 0.2) is 15.9 Å². The highest BCUT2D eigenvalue weighted by molar-refractivity contribution is 9.10. The molecule has 1 aliphatic carbocycles. The highest BCUT2D eigenvalue weighted by Gasteiger charge is 2.40. The van der Waals surface area contributed by atoms with Crippen molar-refractivity contribution < 1.29 is 0 Å².